The zero-order valence-electron chi connectivity index (χ0n) is 10.5. The molecule has 0 N–H and O–H groups in total. The number of aromatic nitrogens is 4. The molecule has 0 bridgehead atoms. The van der Waals surface area contributed by atoms with Crippen LogP contribution in [-0.2, 0) is 23.2 Å². The number of hydrogen-bond acceptors (Lipinski definition) is 5. The van der Waals surface area contributed by atoms with Crippen LogP contribution in [0.25, 0.3) is 11.3 Å². The van der Waals surface area contributed by atoms with E-state index in [-0.39, 0.29) is 6.61 Å². The van der Waals surface area contributed by atoms with Crippen LogP contribution in [0.3, 0.4) is 0 Å². The zero-order valence-corrected chi connectivity index (χ0v) is 10.5. The lowest BCUT2D eigenvalue weighted by Gasteiger charge is -2.08. The summed E-state index contributed by atoms with van der Waals surface area (Å²) in [6.07, 6.45) is 3.54. The SMILES string of the molecule is Cc1cnn(C)c1-c1cnc(COC=O)nc1C. The van der Waals surface area contributed by atoms with Crippen LogP contribution in [0.2, 0.25) is 0 Å². The number of hydrogen-bond donors (Lipinski definition) is 0. The molecule has 0 spiro atoms. The van der Waals surface area contributed by atoms with Crippen LogP contribution in [0, 0.1) is 13.8 Å². The fourth-order valence-corrected chi connectivity index (χ4v) is 1.86. The van der Waals surface area contributed by atoms with Crippen LogP contribution in [0.15, 0.2) is 12.4 Å². The van der Waals surface area contributed by atoms with Gasteiger partial charge in [0.25, 0.3) is 6.47 Å². The number of carbonyl (C=O) groups is 1. The van der Waals surface area contributed by atoms with Gasteiger partial charge in [-0.1, -0.05) is 0 Å². The Morgan fingerprint density at radius 2 is 2.17 bits per heavy atom. The highest BCUT2D eigenvalue weighted by Crippen LogP contribution is 2.24. The van der Waals surface area contributed by atoms with E-state index in [0.717, 1.165) is 22.5 Å². The molecule has 2 aromatic heterocycles. The highest BCUT2D eigenvalue weighted by Gasteiger charge is 2.12. The van der Waals surface area contributed by atoms with Crippen LogP contribution in [0.1, 0.15) is 17.1 Å². The van der Waals surface area contributed by atoms with E-state index in [9.17, 15) is 4.79 Å². The molecule has 0 aromatic carbocycles. The summed E-state index contributed by atoms with van der Waals surface area (Å²) in [6, 6.07) is 0. The Labute approximate surface area is 105 Å². The quantitative estimate of drug-likeness (QED) is 0.757. The smallest absolute Gasteiger partial charge is 0.293 e. The minimum atomic E-state index is 0.0923. The Bertz CT molecular complexity index is 558. The lowest BCUT2D eigenvalue weighted by atomic mass is 10.1. The number of rotatable bonds is 4. The number of ether oxygens (including phenoxy) is 1. The van der Waals surface area contributed by atoms with E-state index < -0.39 is 0 Å². The molecular weight excluding hydrogens is 232 g/mol. The number of aryl methyl sites for hydroxylation is 3. The number of carbonyl (C=O) groups excluding carboxylic acids is 1. The Kier molecular flexibility index (Phi) is 3.36. The van der Waals surface area contributed by atoms with E-state index in [2.05, 4.69) is 19.8 Å². The summed E-state index contributed by atoms with van der Waals surface area (Å²) < 4.78 is 6.42. The first kappa shape index (κ1) is 12.2. The summed E-state index contributed by atoms with van der Waals surface area (Å²) in [5.41, 5.74) is 3.83. The lowest BCUT2D eigenvalue weighted by Crippen LogP contribution is -2.03. The number of nitrogens with zero attached hydrogens (tertiary/aromatic N) is 4. The maximum Gasteiger partial charge on any atom is 0.293 e. The lowest BCUT2D eigenvalue weighted by molar-refractivity contribution is -0.130. The van der Waals surface area contributed by atoms with Gasteiger partial charge in [-0.05, 0) is 19.4 Å². The second-order valence-corrected chi connectivity index (χ2v) is 3.99. The Hall–Kier alpha value is -2.24. The first-order chi connectivity index (χ1) is 8.63. The van der Waals surface area contributed by atoms with Gasteiger partial charge >= 0.3 is 0 Å². The van der Waals surface area contributed by atoms with Gasteiger partial charge in [0.2, 0.25) is 0 Å². The Morgan fingerprint density at radius 1 is 1.39 bits per heavy atom. The molecule has 0 saturated heterocycles. The largest absolute Gasteiger partial charge is 0.460 e. The molecule has 0 unspecified atom stereocenters. The third-order valence-corrected chi connectivity index (χ3v) is 2.69. The topological polar surface area (TPSA) is 69.9 Å². The van der Waals surface area contributed by atoms with Gasteiger partial charge in [-0.3, -0.25) is 9.48 Å². The molecule has 6 nitrogen and oxygen atoms in total. The molecule has 0 aliphatic carbocycles. The monoisotopic (exact) mass is 246 g/mol. The summed E-state index contributed by atoms with van der Waals surface area (Å²) in [7, 11) is 1.88. The van der Waals surface area contributed by atoms with Gasteiger partial charge in [0.15, 0.2) is 12.4 Å². The molecule has 0 aliphatic heterocycles. The summed E-state index contributed by atoms with van der Waals surface area (Å²) in [5, 5.41) is 4.20. The second kappa shape index (κ2) is 4.95. The van der Waals surface area contributed by atoms with E-state index in [4.69, 9.17) is 0 Å². The summed E-state index contributed by atoms with van der Waals surface area (Å²) in [6.45, 7) is 4.37. The molecule has 0 radical (unpaired) electrons. The molecule has 0 amide bonds. The molecule has 0 fully saturated rings. The molecule has 0 aliphatic rings. The molecule has 2 heterocycles. The minimum absolute atomic E-state index is 0.0923. The maximum absolute atomic E-state index is 10.1. The van der Waals surface area contributed by atoms with Crippen molar-refractivity contribution in [2.24, 2.45) is 7.05 Å². The van der Waals surface area contributed by atoms with Gasteiger partial charge in [0.05, 0.1) is 17.6 Å². The molecule has 18 heavy (non-hydrogen) atoms. The fourth-order valence-electron chi connectivity index (χ4n) is 1.86. The third-order valence-electron chi connectivity index (χ3n) is 2.69. The van der Waals surface area contributed by atoms with Crippen LogP contribution in [0.5, 0.6) is 0 Å². The van der Waals surface area contributed by atoms with Crippen LogP contribution in [-0.4, -0.2) is 26.2 Å². The zero-order chi connectivity index (χ0) is 13.1. The molecule has 2 rings (SSSR count). The predicted octanol–water partition coefficient (Wildman–Crippen LogP) is 1.17. The summed E-state index contributed by atoms with van der Waals surface area (Å²) in [4.78, 5) is 18.6. The van der Waals surface area contributed by atoms with Crippen molar-refractivity contribution in [3.8, 4) is 11.3 Å². The average molecular weight is 246 g/mol. The first-order valence-electron chi connectivity index (χ1n) is 5.50. The van der Waals surface area contributed by atoms with Crippen molar-refractivity contribution in [2.75, 3.05) is 0 Å². The molecular formula is C12H14N4O2. The molecule has 6 heteroatoms. The van der Waals surface area contributed by atoms with Gasteiger partial charge in [0.1, 0.15) is 0 Å². The highest BCUT2D eigenvalue weighted by molar-refractivity contribution is 5.64. The average Bonchev–Trinajstić information content (AvgIpc) is 2.67. The van der Waals surface area contributed by atoms with Crippen molar-refractivity contribution in [1.82, 2.24) is 19.7 Å². The second-order valence-electron chi connectivity index (χ2n) is 3.99. The van der Waals surface area contributed by atoms with Crippen molar-refractivity contribution in [3.63, 3.8) is 0 Å². The summed E-state index contributed by atoms with van der Waals surface area (Å²) in [5.74, 6) is 0.489. The molecule has 0 atom stereocenters. The van der Waals surface area contributed by atoms with Gasteiger partial charge < -0.3 is 4.74 Å². The van der Waals surface area contributed by atoms with Gasteiger partial charge in [-0.15, -0.1) is 0 Å². The van der Waals surface area contributed by atoms with Crippen molar-refractivity contribution in [2.45, 2.75) is 20.5 Å². The van der Waals surface area contributed by atoms with E-state index in [0.29, 0.717) is 12.3 Å². The molecule has 2 aromatic rings. The van der Waals surface area contributed by atoms with Crippen LogP contribution >= 0.6 is 0 Å². The predicted molar refractivity (Wildman–Crippen MR) is 64.6 cm³/mol. The Balaban J connectivity index is 2.38. The van der Waals surface area contributed by atoms with Crippen molar-refractivity contribution in [3.05, 3.63) is 29.5 Å². The third kappa shape index (κ3) is 2.22. The van der Waals surface area contributed by atoms with Crippen molar-refractivity contribution in [1.29, 1.82) is 0 Å². The van der Waals surface area contributed by atoms with E-state index in [1.165, 1.54) is 0 Å². The van der Waals surface area contributed by atoms with Gasteiger partial charge in [0, 0.05) is 18.8 Å². The highest BCUT2D eigenvalue weighted by atomic mass is 16.5. The maximum atomic E-state index is 10.1. The summed E-state index contributed by atoms with van der Waals surface area (Å²) >= 11 is 0. The Morgan fingerprint density at radius 3 is 2.72 bits per heavy atom. The van der Waals surface area contributed by atoms with Crippen molar-refractivity contribution < 1.29 is 9.53 Å². The van der Waals surface area contributed by atoms with E-state index in [1.54, 1.807) is 17.1 Å². The van der Waals surface area contributed by atoms with Crippen LogP contribution < -0.4 is 0 Å². The molecule has 94 valence electrons. The van der Waals surface area contributed by atoms with Gasteiger partial charge in [-0.25, -0.2) is 9.97 Å². The van der Waals surface area contributed by atoms with E-state index in [1.807, 2.05) is 20.9 Å². The standard InChI is InChI=1S/C12H14N4O2/c1-8-4-14-16(3)12(8)10-5-13-11(6-18-7-17)15-9(10)2/h4-5,7H,6H2,1-3H3. The molecule has 0 saturated carbocycles. The van der Waals surface area contributed by atoms with E-state index >= 15 is 0 Å². The van der Waals surface area contributed by atoms with Crippen molar-refractivity contribution >= 4 is 6.47 Å². The first-order valence-corrected chi connectivity index (χ1v) is 5.50. The van der Waals surface area contributed by atoms with Crippen LogP contribution in [0.4, 0.5) is 0 Å². The minimum Gasteiger partial charge on any atom is -0.460 e. The van der Waals surface area contributed by atoms with Gasteiger partial charge in [-0.2, -0.15) is 5.10 Å². The fraction of sp³-hybridized carbons (Fsp3) is 0.333. The normalized spacial score (nSPS) is 10.4.